The molecular formula is C11H10O2S. The van der Waals surface area contributed by atoms with Crippen LogP contribution in [-0.4, -0.2) is 12.6 Å². The highest BCUT2D eigenvalue weighted by Gasteiger charge is 2.15. The van der Waals surface area contributed by atoms with E-state index in [0.717, 1.165) is 11.3 Å². The van der Waals surface area contributed by atoms with Gasteiger partial charge in [0.25, 0.3) is 0 Å². The summed E-state index contributed by atoms with van der Waals surface area (Å²) in [6, 6.07) is 9.83. The quantitative estimate of drug-likeness (QED) is 0.696. The number of esters is 1. The van der Waals surface area contributed by atoms with Gasteiger partial charge in [0, 0.05) is 11.3 Å². The normalized spacial score (nSPS) is 16.0. The van der Waals surface area contributed by atoms with E-state index in [9.17, 15) is 4.79 Å². The van der Waals surface area contributed by atoms with Crippen molar-refractivity contribution in [3.05, 3.63) is 41.3 Å². The number of thioether (sulfide) groups is 1. The van der Waals surface area contributed by atoms with Crippen molar-refractivity contribution in [2.45, 2.75) is 11.3 Å². The smallest absolute Gasteiger partial charge is 0.344 e. The van der Waals surface area contributed by atoms with E-state index in [1.54, 1.807) is 0 Å². The zero-order chi connectivity index (χ0) is 9.80. The Hall–Kier alpha value is -1.22. The van der Waals surface area contributed by atoms with Gasteiger partial charge in [-0.15, -0.1) is 0 Å². The number of hydrogen-bond acceptors (Lipinski definition) is 3. The van der Waals surface area contributed by atoms with E-state index < -0.39 is 0 Å². The van der Waals surface area contributed by atoms with Gasteiger partial charge in [0.1, 0.15) is 0 Å². The van der Waals surface area contributed by atoms with Crippen LogP contribution in [0.3, 0.4) is 0 Å². The van der Waals surface area contributed by atoms with Crippen LogP contribution < -0.4 is 0 Å². The minimum Gasteiger partial charge on any atom is -0.461 e. The second-order valence-electron chi connectivity index (χ2n) is 2.91. The maximum absolute atomic E-state index is 11.3. The van der Waals surface area contributed by atoms with Gasteiger partial charge in [0.15, 0.2) is 0 Å². The fraction of sp³-hybridized carbons (Fsp3) is 0.182. The highest BCUT2D eigenvalue weighted by molar-refractivity contribution is 8.04. The van der Waals surface area contributed by atoms with Crippen molar-refractivity contribution in [1.82, 2.24) is 0 Å². The number of hydrogen-bond donors (Lipinski definition) is 0. The fourth-order valence-electron chi connectivity index (χ4n) is 1.19. The summed E-state index contributed by atoms with van der Waals surface area (Å²) in [4.78, 5) is 13.1. The van der Waals surface area contributed by atoms with Gasteiger partial charge in [-0.2, -0.15) is 0 Å². The van der Waals surface area contributed by atoms with Crippen LogP contribution in [0.15, 0.2) is 46.2 Å². The van der Waals surface area contributed by atoms with Crippen LogP contribution in [0.1, 0.15) is 6.42 Å². The molecule has 0 spiro atoms. The lowest BCUT2D eigenvalue weighted by atomic mass is 10.3. The van der Waals surface area contributed by atoms with Gasteiger partial charge in [-0.25, -0.2) is 4.79 Å². The number of rotatable bonds is 2. The molecule has 0 saturated carbocycles. The average Bonchev–Trinajstić information content (AvgIpc) is 2.23. The van der Waals surface area contributed by atoms with E-state index in [1.165, 1.54) is 11.8 Å². The molecule has 0 aliphatic carbocycles. The van der Waals surface area contributed by atoms with Crippen LogP contribution in [-0.2, 0) is 9.53 Å². The Kier molecular flexibility index (Phi) is 2.89. The van der Waals surface area contributed by atoms with Crippen molar-refractivity contribution in [3.8, 4) is 0 Å². The topological polar surface area (TPSA) is 26.3 Å². The van der Waals surface area contributed by atoms with E-state index in [4.69, 9.17) is 4.74 Å². The molecule has 0 bridgehead atoms. The van der Waals surface area contributed by atoms with E-state index in [0.29, 0.717) is 11.5 Å². The summed E-state index contributed by atoms with van der Waals surface area (Å²) >= 11 is 1.46. The molecule has 0 saturated heterocycles. The first-order valence-electron chi connectivity index (χ1n) is 4.46. The predicted molar refractivity (Wildman–Crippen MR) is 56.0 cm³/mol. The molecule has 0 amide bonds. The molecule has 2 nitrogen and oxygen atoms in total. The first-order chi connectivity index (χ1) is 6.86. The minimum atomic E-state index is -0.204. The second kappa shape index (κ2) is 4.33. The lowest BCUT2D eigenvalue weighted by molar-refractivity contribution is -0.138. The Bertz CT molecular complexity index is 357. The monoisotopic (exact) mass is 206 g/mol. The third-order valence-corrected chi connectivity index (χ3v) is 2.91. The van der Waals surface area contributed by atoms with Gasteiger partial charge in [-0.05, 0) is 12.1 Å². The summed E-state index contributed by atoms with van der Waals surface area (Å²) in [6.45, 7) is 0.512. The van der Waals surface area contributed by atoms with Crippen LogP contribution in [0.2, 0.25) is 0 Å². The Morgan fingerprint density at radius 1 is 1.21 bits per heavy atom. The molecule has 1 aromatic rings. The van der Waals surface area contributed by atoms with Crippen LogP contribution in [0.5, 0.6) is 0 Å². The standard InChI is InChI=1S/C11H10O2S/c12-11-10(7-4-8-13-11)14-9-5-2-1-3-6-9/h1-3,5-7H,4,8H2. The van der Waals surface area contributed by atoms with Gasteiger partial charge in [0.2, 0.25) is 0 Å². The van der Waals surface area contributed by atoms with Crippen LogP contribution in [0.25, 0.3) is 0 Å². The average molecular weight is 206 g/mol. The summed E-state index contributed by atoms with van der Waals surface area (Å²) in [7, 11) is 0. The van der Waals surface area contributed by atoms with Gasteiger partial charge in [-0.1, -0.05) is 36.0 Å². The Morgan fingerprint density at radius 3 is 2.71 bits per heavy atom. The number of ether oxygens (including phenoxy) is 1. The summed E-state index contributed by atoms with van der Waals surface area (Å²) in [5.74, 6) is -0.204. The minimum absolute atomic E-state index is 0.204. The third-order valence-electron chi connectivity index (χ3n) is 1.85. The van der Waals surface area contributed by atoms with E-state index in [-0.39, 0.29) is 5.97 Å². The molecule has 0 unspecified atom stereocenters. The molecule has 1 aliphatic heterocycles. The van der Waals surface area contributed by atoms with Gasteiger partial charge in [0.05, 0.1) is 11.5 Å². The van der Waals surface area contributed by atoms with E-state index in [1.807, 2.05) is 36.4 Å². The molecule has 72 valence electrons. The maximum Gasteiger partial charge on any atom is 0.344 e. The van der Waals surface area contributed by atoms with Crippen molar-refractivity contribution in [2.75, 3.05) is 6.61 Å². The summed E-state index contributed by atoms with van der Waals surface area (Å²) < 4.78 is 4.93. The van der Waals surface area contributed by atoms with Gasteiger partial charge >= 0.3 is 5.97 Å². The third kappa shape index (κ3) is 2.17. The summed E-state index contributed by atoms with van der Waals surface area (Å²) in [6.07, 6.45) is 2.75. The molecule has 1 aromatic carbocycles. The molecule has 0 atom stereocenters. The molecule has 14 heavy (non-hydrogen) atoms. The maximum atomic E-state index is 11.3. The molecule has 0 aromatic heterocycles. The first kappa shape index (κ1) is 9.34. The zero-order valence-electron chi connectivity index (χ0n) is 7.60. The molecule has 0 fully saturated rings. The van der Waals surface area contributed by atoms with Crippen LogP contribution in [0.4, 0.5) is 0 Å². The highest BCUT2D eigenvalue weighted by atomic mass is 32.2. The number of benzene rings is 1. The second-order valence-corrected chi connectivity index (χ2v) is 4.02. The zero-order valence-corrected chi connectivity index (χ0v) is 8.42. The largest absolute Gasteiger partial charge is 0.461 e. The summed E-state index contributed by atoms with van der Waals surface area (Å²) in [5.41, 5.74) is 0. The van der Waals surface area contributed by atoms with Crippen LogP contribution >= 0.6 is 11.8 Å². The Labute approximate surface area is 87.0 Å². The van der Waals surface area contributed by atoms with Crippen molar-refractivity contribution >= 4 is 17.7 Å². The van der Waals surface area contributed by atoms with Crippen molar-refractivity contribution in [3.63, 3.8) is 0 Å². The lowest BCUT2D eigenvalue weighted by Gasteiger charge is -2.11. The molecule has 1 heterocycles. The van der Waals surface area contributed by atoms with Crippen LogP contribution in [0, 0.1) is 0 Å². The van der Waals surface area contributed by atoms with Crippen molar-refractivity contribution < 1.29 is 9.53 Å². The molecule has 2 rings (SSSR count). The molecule has 0 radical (unpaired) electrons. The molecule has 1 aliphatic rings. The molecule has 0 N–H and O–H groups in total. The molecular weight excluding hydrogens is 196 g/mol. The SMILES string of the molecule is O=C1OCCC=C1Sc1ccccc1. The summed E-state index contributed by atoms with van der Waals surface area (Å²) in [5, 5.41) is 0. The van der Waals surface area contributed by atoms with Crippen molar-refractivity contribution in [2.24, 2.45) is 0 Å². The van der Waals surface area contributed by atoms with Crippen molar-refractivity contribution in [1.29, 1.82) is 0 Å². The number of carbonyl (C=O) groups excluding carboxylic acids is 1. The molecule has 3 heteroatoms. The number of carbonyl (C=O) groups is 1. The van der Waals surface area contributed by atoms with Gasteiger partial charge in [-0.3, -0.25) is 0 Å². The predicted octanol–water partition coefficient (Wildman–Crippen LogP) is 2.61. The lowest BCUT2D eigenvalue weighted by Crippen LogP contribution is -2.11. The fourth-order valence-corrected chi connectivity index (χ4v) is 2.09. The number of cyclic esters (lactones) is 1. The van der Waals surface area contributed by atoms with E-state index >= 15 is 0 Å². The Morgan fingerprint density at radius 2 is 2.00 bits per heavy atom. The van der Waals surface area contributed by atoms with Gasteiger partial charge < -0.3 is 4.74 Å². The first-order valence-corrected chi connectivity index (χ1v) is 5.28. The van der Waals surface area contributed by atoms with E-state index in [2.05, 4.69) is 0 Å². The highest BCUT2D eigenvalue weighted by Crippen LogP contribution is 2.28. The Balaban J connectivity index is 2.11.